The summed E-state index contributed by atoms with van der Waals surface area (Å²) in [5, 5.41) is 0. The molecule has 0 fully saturated rings. The Labute approximate surface area is 93.3 Å². The highest BCUT2D eigenvalue weighted by Crippen LogP contribution is 2.23. The number of hydrogen-bond acceptors (Lipinski definition) is 2. The summed E-state index contributed by atoms with van der Waals surface area (Å²) in [4.78, 5) is 6.78. The number of hydrogen-bond donors (Lipinski definition) is 0. The Morgan fingerprint density at radius 3 is 2.27 bits per heavy atom. The summed E-state index contributed by atoms with van der Waals surface area (Å²) in [5.41, 5.74) is 2.57. The van der Waals surface area contributed by atoms with Gasteiger partial charge in [-0.15, -0.1) is 0 Å². The fourth-order valence-corrected chi connectivity index (χ4v) is 1.61. The molecule has 0 aliphatic rings. The van der Waals surface area contributed by atoms with E-state index in [0.717, 1.165) is 18.8 Å². The highest BCUT2D eigenvalue weighted by Gasteiger charge is 2.16. The van der Waals surface area contributed by atoms with Crippen molar-refractivity contribution < 1.29 is 0 Å². The van der Waals surface area contributed by atoms with E-state index in [4.69, 9.17) is 0 Å². The van der Waals surface area contributed by atoms with Crippen LogP contribution in [0.25, 0.3) is 0 Å². The van der Waals surface area contributed by atoms with Gasteiger partial charge < -0.3 is 4.90 Å². The molecule has 0 aromatic carbocycles. The molecule has 0 aliphatic carbocycles. The van der Waals surface area contributed by atoms with Crippen LogP contribution in [0.4, 0.5) is 5.69 Å². The molecule has 84 valence electrons. The third-order valence-corrected chi connectivity index (χ3v) is 2.64. The predicted molar refractivity (Wildman–Crippen MR) is 66.5 cm³/mol. The largest absolute Gasteiger partial charge is 0.372 e. The van der Waals surface area contributed by atoms with Gasteiger partial charge in [-0.1, -0.05) is 20.8 Å². The van der Waals surface area contributed by atoms with Gasteiger partial charge in [0, 0.05) is 36.1 Å². The lowest BCUT2D eigenvalue weighted by Crippen LogP contribution is -2.23. The Morgan fingerprint density at radius 1 is 1.20 bits per heavy atom. The van der Waals surface area contributed by atoms with Crippen LogP contribution in [0.2, 0.25) is 0 Å². The van der Waals surface area contributed by atoms with E-state index in [1.54, 1.807) is 0 Å². The van der Waals surface area contributed by atoms with Crippen molar-refractivity contribution in [3.63, 3.8) is 0 Å². The summed E-state index contributed by atoms with van der Waals surface area (Å²) in [6.45, 7) is 13.0. The van der Waals surface area contributed by atoms with E-state index in [-0.39, 0.29) is 5.41 Å². The summed E-state index contributed by atoms with van der Waals surface area (Å²) < 4.78 is 0. The highest BCUT2D eigenvalue weighted by molar-refractivity contribution is 5.47. The van der Waals surface area contributed by atoms with E-state index >= 15 is 0 Å². The Balaban J connectivity index is 3.02. The average molecular weight is 206 g/mol. The normalized spacial score (nSPS) is 11.5. The minimum absolute atomic E-state index is 0.128. The van der Waals surface area contributed by atoms with Crippen molar-refractivity contribution in [2.24, 2.45) is 0 Å². The number of pyridine rings is 1. The highest BCUT2D eigenvalue weighted by atomic mass is 15.1. The SMILES string of the molecule is CCN(CC)c1ccnc(C(C)(C)C)c1. The van der Waals surface area contributed by atoms with E-state index in [0.29, 0.717) is 0 Å². The van der Waals surface area contributed by atoms with Gasteiger partial charge in [0.25, 0.3) is 0 Å². The van der Waals surface area contributed by atoms with Crippen molar-refractivity contribution in [3.05, 3.63) is 24.0 Å². The van der Waals surface area contributed by atoms with Gasteiger partial charge in [0.2, 0.25) is 0 Å². The van der Waals surface area contributed by atoms with Gasteiger partial charge in [-0.3, -0.25) is 4.98 Å². The molecular formula is C13H22N2. The molecule has 0 aliphatic heterocycles. The molecule has 0 saturated heterocycles. The summed E-state index contributed by atoms with van der Waals surface area (Å²) in [5.74, 6) is 0. The molecule has 1 aromatic heterocycles. The molecule has 0 N–H and O–H groups in total. The molecule has 0 unspecified atom stereocenters. The lowest BCUT2D eigenvalue weighted by atomic mass is 9.91. The summed E-state index contributed by atoms with van der Waals surface area (Å²) in [7, 11) is 0. The maximum Gasteiger partial charge on any atom is 0.0477 e. The van der Waals surface area contributed by atoms with Crippen LogP contribution in [0.15, 0.2) is 18.3 Å². The molecule has 2 nitrogen and oxygen atoms in total. The maximum atomic E-state index is 4.43. The number of rotatable bonds is 3. The van der Waals surface area contributed by atoms with Crippen molar-refractivity contribution in [2.75, 3.05) is 18.0 Å². The van der Waals surface area contributed by atoms with Crippen LogP contribution in [0.3, 0.4) is 0 Å². The minimum atomic E-state index is 0.128. The topological polar surface area (TPSA) is 16.1 Å². The van der Waals surface area contributed by atoms with E-state index < -0.39 is 0 Å². The molecule has 0 saturated carbocycles. The van der Waals surface area contributed by atoms with Crippen molar-refractivity contribution in [1.29, 1.82) is 0 Å². The lowest BCUT2D eigenvalue weighted by Gasteiger charge is -2.24. The summed E-state index contributed by atoms with van der Waals surface area (Å²) in [6.07, 6.45) is 1.91. The number of anilines is 1. The molecule has 0 amide bonds. The van der Waals surface area contributed by atoms with Gasteiger partial charge >= 0.3 is 0 Å². The molecule has 0 atom stereocenters. The fraction of sp³-hybridized carbons (Fsp3) is 0.615. The van der Waals surface area contributed by atoms with Crippen molar-refractivity contribution >= 4 is 5.69 Å². The van der Waals surface area contributed by atoms with Crippen LogP contribution < -0.4 is 4.90 Å². The van der Waals surface area contributed by atoms with Crippen LogP contribution in [0, 0.1) is 0 Å². The van der Waals surface area contributed by atoms with E-state index in [1.165, 1.54) is 5.69 Å². The van der Waals surface area contributed by atoms with Gasteiger partial charge in [0.05, 0.1) is 0 Å². The second kappa shape index (κ2) is 4.65. The smallest absolute Gasteiger partial charge is 0.0477 e. The van der Waals surface area contributed by atoms with Gasteiger partial charge in [-0.05, 0) is 26.0 Å². The van der Waals surface area contributed by atoms with Gasteiger partial charge in [-0.2, -0.15) is 0 Å². The van der Waals surface area contributed by atoms with E-state index in [9.17, 15) is 0 Å². The molecule has 0 radical (unpaired) electrons. The van der Waals surface area contributed by atoms with Crippen LogP contribution in [0.5, 0.6) is 0 Å². The first-order valence-electron chi connectivity index (χ1n) is 5.70. The third-order valence-electron chi connectivity index (χ3n) is 2.64. The molecule has 15 heavy (non-hydrogen) atoms. The standard InChI is InChI=1S/C13H22N2/c1-6-15(7-2)11-8-9-14-12(10-11)13(3,4)5/h8-10H,6-7H2,1-5H3. The van der Waals surface area contributed by atoms with Gasteiger partial charge in [0.1, 0.15) is 0 Å². The second-order valence-corrected chi connectivity index (χ2v) is 4.82. The van der Waals surface area contributed by atoms with Crippen molar-refractivity contribution in [2.45, 2.75) is 40.0 Å². The first kappa shape index (κ1) is 12.0. The van der Waals surface area contributed by atoms with Crippen LogP contribution >= 0.6 is 0 Å². The number of aromatic nitrogens is 1. The molecule has 1 rings (SSSR count). The molecular weight excluding hydrogens is 184 g/mol. The Bertz CT molecular complexity index is 309. The first-order chi connectivity index (χ1) is 6.99. The average Bonchev–Trinajstić information content (AvgIpc) is 2.19. The van der Waals surface area contributed by atoms with Crippen molar-refractivity contribution in [1.82, 2.24) is 4.98 Å². The second-order valence-electron chi connectivity index (χ2n) is 4.82. The van der Waals surface area contributed by atoms with E-state index in [2.05, 4.69) is 56.6 Å². The van der Waals surface area contributed by atoms with Gasteiger partial charge in [-0.25, -0.2) is 0 Å². The zero-order valence-corrected chi connectivity index (χ0v) is 10.5. The van der Waals surface area contributed by atoms with Crippen LogP contribution in [-0.2, 0) is 5.41 Å². The zero-order chi connectivity index (χ0) is 11.5. The lowest BCUT2D eigenvalue weighted by molar-refractivity contribution is 0.568. The predicted octanol–water partition coefficient (Wildman–Crippen LogP) is 3.23. The minimum Gasteiger partial charge on any atom is -0.372 e. The Morgan fingerprint density at radius 2 is 1.80 bits per heavy atom. The van der Waals surface area contributed by atoms with E-state index in [1.807, 2.05) is 6.20 Å². The maximum absolute atomic E-state index is 4.43. The van der Waals surface area contributed by atoms with Crippen molar-refractivity contribution in [3.8, 4) is 0 Å². The molecule has 0 bridgehead atoms. The van der Waals surface area contributed by atoms with Crippen LogP contribution in [-0.4, -0.2) is 18.1 Å². The monoisotopic (exact) mass is 206 g/mol. The fourth-order valence-electron chi connectivity index (χ4n) is 1.61. The van der Waals surface area contributed by atoms with Crippen LogP contribution in [0.1, 0.15) is 40.3 Å². The first-order valence-corrected chi connectivity index (χ1v) is 5.70. The summed E-state index contributed by atoms with van der Waals surface area (Å²) in [6, 6.07) is 4.29. The third kappa shape index (κ3) is 2.95. The quantitative estimate of drug-likeness (QED) is 0.755. The summed E-state index contributed by atoms with van der Waals surface area (Å²) >= 11 is 0. The molecule has 2 heteroatoms. The van der Waals surface area contributed by atoms with Gasteiger partial charge in [0.15, 0.2) is 0 Å². The Kier molecular flexibility index (Phi) is 3.72. The number of nitrogens with zero attached hydrogens (tertiary/aromatic N) is 2. The molecule has 1 heterocycles. The zero-order valence-electron chi connectivity index (χ0n) is 10.5. The Hall–Kier alpha value is -1.05. The molecule has 1 aromatic rings. The molecule has 0 spiro atoms.